The van der Waals surface area contributed by atoms with Crippen molar-refractivity contribution in [1.82, 2.24) is 10.3 Å². The van der Waals surface area contributed by atoms with Crippen LogP contribution in [0, 0.1) is 10.1 Å². The lowest BCUT2D eigenvalue weighted by Crippen LogP contribution is -2.25. The number of hydrogen-bond donors (Lipinski definition) is 4. The predicted molar refractivity (Wildman–Crippen MR) is 96.1 cm³/mol. The Kier molecular flexibility index (Phi) is 12.1. The van der Waals surface area contributed by atoms with Gasteiger partial charge in [-0.15, -0.1) is 0 Å². The van der Waals surface area contributed by atoms with Crippen LogP contribution >= 0.6 is 11.9 Å². The van der Waals surface area contributed by atoms with Gasteiger partial charge in [0.15, 0.2) is 0 Å². The molecule has 1 amide bonds. The molecule has 0 spiro atoms. The summed E-state index contributed by atoms with van der Waals surface area (Å²) in [7, 11) is 0. The first-order valence-electron chi connectivity index (χ1n) is 7.48. The Balaban J connectivity index is 0.000000531. The number of nitrogens with zero attached hydrogens (tertiary/aromatic N) is 2. The Labute approximate surface area is 153 Å². The van der Waals surface area contributed by atoms with Gasteiger partial charge in [0.25, 0.3) is 5.69 Å². The fourth-order valence-corrected chi connectivity index (χ4v) is 1.80. The molecule has 0 unspecified atom stereocenters. The lowest BCUT2D eigenvalue weighted by atomic mass is 10.1. The average Bonchev–Trinajstić information content (AvgIpc) is 2.59. The van der Waals surface area contributed by atoms with Gasteiger partial charge in [-0.25, -0.2) is 9.78 Å². The highest BCUT2D eigenvalue weighted by Crippen LogP contribution is 2.08. The number of carboxylic acid groups (broad SMARTS) is 1. The van der Waals surface area contributed by atoms with Crippen molar-refractivity contribution in [2.45, 2.75) is 25.7 Å². The van der Waals surface area contributed by atoms with Gasteiger partial charge in [0.2, 0.25) is 11.7 Å². The molecule has 0 saturated heterocycles. The first kappa shape index (κ1) is 23.3. The fourth-order valence-electron chi connectivity index (χ4n) is 1.49. The number of anilines is 1. The van der Waals surface area contributed by atoms with Gasteiger partial charge in [-0.1, -0.05) is 11.9 Å². The largest absolute Gasteiger partial charge is 0.476 e. The number of nitrogens with two attached hydrogens (primary N) is 2. The minimum absolute atomic E-state index is 0.0470. The number of hydrogen-bond acceptors (Lipinski definition) is 9. The van der Waals surface area contributed by atoms with E-state index in [0.717, 1.165) is 18.4 Å². The van der Waals surface area contributed by atoms with Gasteiger partial charge in [0.05, 0.1) is 4.92 Å². The van der Waals surface area contributed by atoms with Crippen molar-refractivity contribution in [3.05, 3.63) is 28.4 Å². The van der Waals surface area contributed by atoms with Crippen molar-refractivity contribution in [2.75, 3.05) is 18.0 Å². The molecule has 0 aliphatic heterocycles. The maximum atomic E-state index is 11.1. The monoisotopic (exact) mass is 387 g/mol. The number of amides is 1. The van der Waals surface area contributed by atoms with Gasteiger partial charge in [-0.2, -0.15) is 0 Å². The number of nitrogens with one attached hydrogen (secondary N) is 1. The Morgan fingerprint density at radius 2 is 1.96 bits per heavy atom. The summed E-state index contributed by atoms with van der Waals surface area (Å²) in [6, 6.07) is 2.69. The minimum Gasteiger partial charge on any atom is -0.476 e. The summed E-state index contributed by atoms with van der Waals surface area (Å²) in [5.41, 5.74) is 5.15. The molecule has 0 radical (unpaired) electrons. The first-order chi connectivity index (χ1) is 12.3. The van der Waals surface area contributed by atoms with Crippen LogP contribution in [0.1, 0.15) is 25.7 Å². The number of Topliss-reactive ketones (excluding diaryl/α,β-unsaturated/α-hetero) is 1. The number of carbonyl (C=O) groups excluding carboxylic acids is 2. The molecule has 0 atom stereocenters. The summed E-state index contributed by atoms with van der Waals surface area (Å²) >= 11 is 1.22. The van der Waals surface area contributed by atoms with Crippen molar-refractivity contribution in [2.24, 2.45) is 5.14 Å². The third kappa shape index (κ3) is 11.8. The number of carboxylic acids is 1. The van der Waals surface area contributed by atoms with E-state index in [1.807, 2.05) is 0 Å². The van der Waals surface area contributed by atoms with Crippen LogP contribution in [-0.4, -0.2) is 45.0 Å². The molecule has 1 heterocycles. The van der Waals surface area contributed by atoms with Gasteiger partial charge in [-0.05, 0) is 18.9 Å². The van der Waals surface area contributed by atoms with Gasteiger partial charge in [0, 0.05) is 31.2 Å². The third-order valence-electron chi connectivity index (χ3n) is 2.79. The maximum absolute atomic E-state index is 11.1. The second-order valence-electron chi connectivity index (χ2n) is 4.85. The highest BCUT2D eigenvalue weighted by atomic mass is 32.2. The number of carbonyl (C=O) groups is 3. The average molecular weight is 387 g/mol. The van der Waals surface area contributed by atoms with Gasteiger partial charge >= 0.3 is 5.97 Å². The Bertz CT molecular complexity index is 610. The van der Waals surface area contributed by atoms with Gasteiger partial charge < -0.3 is 16.2 Å². The quantitative estimate of drug-likeness (QED) is 0.144. The van der Waals surface area contributed by atoms with Crippen LogP contribution in [-0.2, 0) is 14.4 Å². The van der Waals surface area contributed by atoms with Crippen molar-refractivity contribution < 1.29 is 24.4 Å². The predicted octanol–water partition coefficient (Wildman–Crippen LogP) is 0.496. The van der Waals surface area contributed by atoms with Crippen LogP contribution in [0.15, 0.2) is 18.3 Å². The van der Waals surface area contributed by atoms with Gasteiger partial charge in [0.1, 0.15) is 12.0 Å². The molecule has 0 aliphatic rings. The Morgan fingerprint density at radius 1 is 1.27 bits per heavy atom. The second-order valence-corrected chi connectivity index (χ2v) is 5.60. The Morgan fingerprint density at radius 3 is 2.46 bits per heavy atom. The zero-order valence-corrected chi connectivity index (χ0v) is 14.7. The molecule has 12 heteroatoms. The van der Waals surface area contributed by atoms with E-state index in [-0.39, 0.29) is 36.7 Å². The molecule has 0 fully saturated rings. The van der Waals surface area contributed by atoms with Crippen LogP contribution in [0.2, 0.25) is 0 Å². The van der Waals surface area contributed by atoms with Crippen LogP contribution < -0.4 is 16.2 Å². The van der Waals surface area contributed by atoms with E-state index in [9.17, 15) is 24.5 Å². The van der Waals surface area contributed by atoms with Crippen molar-refractivity contribution in [3.8, 4) is 0 Å². The SMILES string of the molecule is NSCCCNC(=O)CCCC(=O)C(=O)O.Nc1ccc([N+](=O)[O-])cn1. The molecule has 0 aromatic carbocycles. The summed E-state index contributed by atoms with van der Waals surface area (Å²) in [4.78, 5) is 45.0. The molecule has 0 saturated carbocycles. The van der Waals surface area contributed by atoms with Crippen molar-refractivity contribution in [3.63, 3.8) is 0 Å². The van der Waals surface area contributed by atoms with E-state index >= 15 is 0 Å². The Hall–Kier alpha value is -2.73. The molecule has 1 aromatic heterocycles. The molecule has 11 nitrogen and oxygen atoms in total. The molecular weight excluding hydrogens is 366 g/mol. The third-order valence-corrected chi connectivity index (χ3v) is 3.31. The second kappa shape index (κ2) is 13.5. The molecule has 0 bridgehead atoms. The standard InChI is InChI=1S/C9H16N2O4S.C5H5N3O2/c10-16-6-2-5-11-8(13)4-1-3-7(12)9(14)15;6-5-2-1-4(3-7-5)8(9)10/h1-6,10H2,(H,11,13)(H,14,15);1-3H,(H2,6,7). The number of ketones is 1. The number of nitrogen functional groups attached to an aromatic ring is 1. The van der Waals surface area contributed by atoms with E-state index in [1.54, 1.807) is 0 Å². The molecule has 6 N–H and O–H groups in total. The van der Waals surface area contributed by atoms with Crippen molar-refractivity contribution >= 4 is 41.1 Å². The maximum Gasteiger partial charge on any atom is 0.372 e. The van der Waals surface area contributed by atoms with E-state index in [4.69, 9.17) is 16.0 Å². The number of aliphatic carboxylic acids is 1. The van der Waals surface area contributed by atoms with Gasteiger partial charge in [-0.3, -0.25) is 24.8 Å². The van der Waals surface area contributed by atoms with Crippen molar-refractivity contribution in [1.29, 1.82) is 0 Å². The zero-order chi connectivity index (χ0) is 19.9. The lowest BCUT2D eigenvalue weighted by Gasteiger charge is -2.03. The zero-order valence-electron chi connectivity index (χ0n) is 13.9. The summed E-state index contributed by atoms with van der Waals surface area (Å²) < 4.78 is 0. The van der Waals surface area contributed by atoms with E-state index in [1.165, 1.54) is 24.1 Å². The number of aromatic nitrogens is 1. The van der Waals surface area contributed by atoms with E-state index < -0.39 is 16.7 Å². The summed E-state index contributed by atoms with van der Waals surface area (Å²) in [6.07, 6.45) is 2.26. The molecule has 26 heavy (non-hydrogen) atoms. The molecule has 144 valence electrons. The van der Waals surface area contributed by atoms with E-state index in [2.05, 4.69) is 10.3 Å². The normalized spacial score (nSPS) is 9.58. The lowest BCUT2D eigenvalue weighted by molar-refractivity contribution is -0.385. The minimum atomic E-state index is -1.44. The smallest absolute Gasteiger partial charge is 0.372 e. The highest BCUT2D eigenvalue weighted by Gasteiger charge is 2.11. The van der Waals surface area contributed by atoms with Crippen LogP contribution in [0.25, 0.3) is 0 Å². The number of rotatable bonds is 10. The molecular formula is C14H21N5O6S. The molecule has 0 aliphatic carbocycles. The van der Waals surface area contributed by atoms with Crippen LogP contribution in [0.5, 0.6) is 0 Å². The summed E-state index contributed by atoms with van der Waals surface area (Å²) in [6.45, 7) is 0.551. The first-order valence-corrected chi connectivity index (χ1v) is 8.53. The summed E-state index contributed by atoms with van der Waals surface area (Å²) in [5, 5.41) is 26.2. The topological polar surface area (TPSA) is 192 Å². The molecule has 1 aromatic rings. The van der Waals surface area contributed by atoms with Crippen LogP contribution in [0.4, 0.5) is 11.5 Å². The fraction of sp³-hybridized carbons (Fsp3) is 0.429. The van der Waals surface area contributed by atoms with Crippen LogP contribution in [0.3, 0.4) is 0 Å². The highest BCUT2D eigenvalue weighted by molar-refractivity contribution is 7.97. The number of pyridine rings is 1. The number of nitro groups is 1. The summed E-state index contributed by atoms with van der Waals surface area (Å²) in [5.74, 6) is -1.41. The molecule has 1 rings (SSSR count). The van der Waals surface area contributed by atoms with E-state index in [0.29, 0.717) is 6.54 Å².